The third kappa shape index (κ3) is 6.15. The van der Waals surface area contributed by atoms with Gasteiger partial charge in [0.05, 0.1) is 6.10 Å². The number of carbonyl (C=O) groups excluding carboxylic acids is 1. The van der Waals surface area contributed by atoms with Gasteiger partial charge in [-0.25, -0.2) is 9.37 Å². The molecule has 2 aromatic carbocycles. The summed E-state index contributed by atoms with van der Waals surface area (Å²) in [6, 6.07) is 15.2. The molecule has 1 saturated heterocycles. The second kappa shape index (κ2) is 11.0. The number of carbonyl (C=O) groups is 1. The Bertz CT molecular complexity index is 1080. The minimum Gasteiger partial charge on any atom is -0.376 e. The number of nitrogens with zero attached hydrogens (tertiary/aromatic N) is 2. The molecule has 1 aliphatic heterocycles. The average molecular weight is 490 g/mol. The van der Waals surface area contributed by atoms with E-state index in [1.54, 1.807) is 5.38 Å². The molecule has 1 atom stereocenters. The lowest BCUT2D eigenvalue weighted by molar-refractivity contribution is -0.0280. The van der Waals surface area contributed by atoms with Gasteiger partial charge in [0.25, 0.3) is 5.91 Å². The fraction of sp³-hybridized carbons (Fsp3) is 0.360. The van der Waals surface area contributed by atoms with Crippen molar-refractivity contribution in [1.82, 2.24) is 4.98 Å². The summed E-state index contributed by atoms with van der Waals surface area (Å²) in [6.45, 7) is 0.470. The molecule has 0 spiro atoms. The normalized spacial score (nSPS) is 16.1. The van der Waals surface area contributed by atoms with E-state index < -0.39 is 24.1 Å². The first kappa shape index (κ1) is 24.2. The van der Waals surface area contributed by atoms with E-state index >= 15 is 0 Å². The van der Waals surface area contributed by atoms with Gasteiger partial charge in [-0.1, -0.05) is 42.5 Å². The van der Waals surface area contributed by atoms with Gasteiger partial charge in [-0.05, 0) is 37.0 Å². The SMILES string of the molecule is O=C(Nc1ccc(C(F)(F)CF)cc1)c1csc(N2CCC(OCCCc3ccccc3)C2)n1. The van der Waals surface area contributed by atoms with Crippen LogP contribution in [0.5, 0.6) is 0 Å². The number of alkyl halides is 3. The van der Waals surface area contributed by atoms with Crippen molar-refractivity contribution in [3.05, 3.63) is 76.8 Å². The number of anilines is 2. The summed E-state index contributed by atoms with van der Waals surface area (Å²) in [7, 11) is 0. The summed E-state index contributed by atoms with van der Waals surface area (Å²) in [5.74, 6) is -3.97. The van der Waals surface area contributed by atoms with Crippen molar-refractivity contribution in [2.45, 2.75) is 31.3 Å². The van der Waals surface area contributed by atoms with Crippen LogP contribution in [0.25, 0.3) is 0 Å². The molecule has 1 fully saturated rings. The Morgan fingerprint density at radius 3 is 2.68 bits per heavy atom. The van der Waals surface area contributed by atoms with Crippen molar-refractivity contribution in [3.8, 4) is 0 Å². The first-order valence-corrected chi connectivity index (χ1v) is 12.0. The molecule has 0 bridgehead atoms. The van der Waals surface area contributed by atoms with E-state index in [1.165, 1.54) is 29.0 Å². The monoisotopic (exact) mass is 489 g/mol. The molecule has 0 radical (unpaired) electrons. The van der Waals surface area contributed by atoms with E-state index in [2.05, 4.69) is 27.3 Å². The number of rotatable bonds is 10. The van der Waals surface area contributed by atoms with Gasteiger partial charge in [0.2, 0.25) is 0 Å². The quantitative estimate of drug-likeness (QED) is 0.372. The van der Waals surface area contributed by atoms with Crippen molar-refractivity contribution in [2.75, 3.05) is 36.6 Å². The number of ether oxygens (including phenoxy) is 1. The third-order valence-corrected chi connectivity index (χ3v) is 6.58. The predicted octanol–water partition coefficient (Wildman–Crippen LogP) is 5.68. The van der Waals surface area contributed by atoms with Gasteiger partial charge >= 0.3 is 5.92 Å². The number of aryl methyl sites for hydroxylation is 1. The highest BCUT2D eigenvalue weighted by Gasteiger charge is 2.31. The Kier molecular flexibility index (Phi) is 7.84. The van der Waals surface area contributed by atoms with E-state index in [-0.39, 0.29) is 11.8 Å². The lowest BCUT2D eigenvalue weighted by atomic mass is 10.1. The molecule has 1 N–H and O–H groups in total. The number of halogens is 3. The minimum atomic E-state index is -3.54. The second-order valence-corrected chi connectivity index (χ2v) is 9.04. The van der Waals surface area contributed by atoms with Crippen LogP contribution in [0.1, 0.15) is 34.5 Å². The van der Waals surface area contributed by atoms with Gasteiger partial charge in [0.15, 0.2) is 11.8 Å². The van der Waals surface area contributed by atoms with Crippen LogP contribution in [0.2, 0.25) is 0 Å². The molecule has 5 nitrogen and oxygen atoms in total. The maximum Gasteiger partial charge on any atom is 0.301 e. The molecule has 0 aliphatic carbocycles. The summed E-state index contributed by atoms with van der Waals surface area (Å²) >= 11 is 1.38. The van der Waals surface area contributed by atoms with Crippen LogP contribution in [-0.2, 0) is 17.1 Å². The average Bonchev–Trinajstić information content (AvgIpc) is 3.53. The van der Waals surface area contributed by atoms with Gasteiger partial charge in [-0.2, -0.15) is 8.78 Å². The lowest BCUT2D eigenvalue weighted by Crippen LogP contribution is -2.23. The van der Waals surface area contributed by atoms with Crippen LogP contribution >= 0.6 is 11.3 Å². The molecule has 1 aliphatic rings. The molecule has 1 amide bonds. The largest absolute Gasteiger partial charge is 0.376 e. The van der Waals surface area contributed by atoms with E-state index in [4.69, 9.17) is 4.74 Å². The first-order chi connectivity index (χ1) is 16.4. The van der Waals surface area contributed by atoms with Crippen molar-refractivity contribution >= 4 is 28.1 Å². The fourth-order valence-electron chi connectivity index (χ4n) is 3.79. The summed E-state index contributed by atoms with van der Waals surface area (Å²) in [5, 5.41) is 5.06. The van der Waals surface area contributed by atoms with Crippen LogP contribution in [0.4, 0.5) is 24.0 Å². The Labute approximate surface area is 200 Å². The van der Waals surface area contributed by atoms with Crippen LogP contribution in [0.15, 0.2) is 60.0 Å². The van der Waals surface area contributed by atoms with Crippen LogP contribution < -0.4 is 10.2 Å². The molecule has 4 rings (SSSR count). The minimum absolute atomic E-state index is 0.137. The zero-order chi connectivity index (χ0) is 24.0. The second-order valence-electron chi connectivity index (χ2n) is 8.20. The van der Waals surface area contributed by atoms with Crippen molar-refractivity contribution in [1.29, 1.82) is 0 Å². The van der Waals surface area contributed by atoms with Crippen LogP contribution in [0.3, 0.4) is 0 Å². The maximum atomic E-state index is 13.4. The zero-order valence-corrected chi connectivity index (χ0v) is 19.4. The molecular formula is C25H26F3N3O2S. The number of hydrogen-bond acceptors (Lipinski definition) is 5. The third-order valence-electron chi connectivity index (χ3n) is 5.68. The van der Waals surface area contributed by atoms with Crippen molar-refractivity contribution in [2.24, 2.45) is 0 Å². The molecule has 0 saturated carbocycles. The molecule has 34 heavy (non-hydrogen) atoms. The van der Waals surface area contributed by atoms with Crippen molar-refractivity contribution in [3.63, 3.8) is 0 Å². The molecule has 3 aromatic rings. The molecule has 9 heteroatoms. The summed E-state index contributed by atoms with van der Waals surface area (Å²) in [5.41, 5.74) is 1.46. The van der Waals surface area contributed by atoms with E-state index in [0.29, 0.717) is 12.3 Å². The Morgan fingerprint density at radius 2 is 1.94 bits per heavy atom. The number of nitrogens with one attached hydrogen (secondary N) is 1. The molecule has 2 heterocycles. The number of hydrogen-bond donors (Lipinski definition) is 1. The highest BCUT2D eigenvalue weighted by atomic mass is 32.1. The summed E-state index contributed by atoms with van der Waals surface area (Å²) in [4.78, 5) is 19.1. The Balaban J connectivity index is 1.24. The van der Waals surface area contributed by atoms with E-state index in [0.717, 1.165) is 49.6 Å². The zero-order valence-electron chi connectivity index (χ0n) is 18.6. The van der Waals surface area contributed by atoms with Crippen LogP contribution in [-0.4, -0.2) is 43.4 Å². The highest BCUT2D eigenvalue weighted by molar-refractivity contribution is 7.14. The summed E-state index contributed by atoms with van der Waals surface area (Å²) < 4.78 is 45.3. The standard InChI is InChI=1S/C25H26F3N3O2S/c26-17-25(27,28)19-8-10-20(11-9-19)29-23(32)22-16-34-24(30-22)31-13-12-21(15-31)33-14-4-7-18-5-2-1-3-6-18/h1-3,5-6,8-11,16,21H,4,7,12-15,17H2,(H,29,32). The van der Waals surface area contributed by atoms with Gasteiger partial charge in [0, 0.05) is 36.3 Å². The van der Waals surface area contributed by atoms with Gasteiger partial charge in [-0.3, -0.25) is 4.79 Å². The van der Waals surface area contributed by atoms with E-state index in [9.17, 15) is 18.0 Å². The first-order valence-electron chi connectivity index (χ1n) is 11.2. The lowest BCUT2D eigenvalue weighted by Gasteiger charge is -2.15. The predicted molar refractivity (Wildman–Crippen MR) is 128 cm³/mol. The van der Waals surface area contributed by atoms with Gasteiger partial charge in [0.1, 0.15) is 5.69 Å². The van der Waals surface area contributed by atoms with Crippen LogP contribution in [0, 0.1) is 0 Å². The number of thiazole rings is 1. The Hall–Kier alpha value is -2.91. The van der Waals surface area contributed by atoms with Gasteiger partial charge in [-0.15, -0.1) is 11.3 Å². The number of aromatic nitrogens is 1. The Morgan fingerprint density at radius 1 is 1.18 bits per heavy atom. The number of benzene rings is 2. The molecular weight excluding hydrogens is 463 g/mol. The molecule has 180 valence electrons. The van der Waals surface area contributed by atoms with E-state index in [1.807, 2.05) is 18.2 Å². The maximum absolute atomic E-state index is 13.4. The smallest absolute Gasteiger partial charge is 0.301 e. The summed E-state index contributed by atoms with van der Waals surface area (Å²) in [6.07, 6.45) is 3.00. The van der Waals surface area contributed by atoms with Gasteiger partial charge < -0.3 is 15.0 Å². The molecule has 1 unspecified atom stereocenters. The highest BCUT2D eigenvalue weighted by Crippen LogP contribution is 2.30. The van der Waals surface area contributed by atoms with Crippen molar-refractivity contribution < 1.29 is 22.7 Å². The molecule has 1 aromatic heterocycles. The number of amides is 1. The topological polar surface area (TPSA) is 54.5 Å². The fourth-order valence-corrected chi connectivity index (χ4v) is 4.64.